The summed E-state index contributed by atoms with van der Waals surface area (Å²) >= 11 is 0. The first-order valence-electron chi connectivity index (χ1n) is 10.0. The lowest BCUT2D eigenvalue weighted by molar-refractivity contribution is 0.573. The van der Waals surface area contributed by atoms with Crippen molar-refractivity contribution in [1.82, 2.24) is 15.6 Å². The number of pyridine rings is 1. The first-order valence-corrected chi connectivity index (χ1v) is 10.0. The van der Waals surface area contributed by atoms with Gasteiger partial charge in [-0.3, -0.25) is 0 Å². The lowest BCUT2D eigenvalue weighted by atomic mass is 10.1. The van der Waals surface area contributed by atoms with Gasteiger partial charge in [0, 0.05) is 32.4 Å². The van der Waals surface area contributed by atoms with Gasteiger partial charge in [-0.2, -0.15) is 0 Å². The molecule has 2 N–H and O–H groups in total. The summed E-state index contributed by atoms with van der Waals surface area (Å²) in [5, 5.41) is 6.77. The van der Waals surface area contributed by atoms with Crippen LogP contribution >= 0.6 is 24.0 Å². The number of rotatable bonds is 6. The third kappa shape index (κ3) is 6.96. The summed E-state index contributed by atoms with van der Waals surface area (Å²) in [5.41, 5.74) is 3.72. The minimum atomic E-state index is 0. The highest BCUT2D eigenvalue weighted by Crippen LogP contribution is 2.18. The molecule has 1 saturated heterocycles. The molecule has 2 aromatic rings. The number of benzene rings is 1. The minimum absolute atomic E-state index is 0. The van der Waals surface area contributed by atoms with E-state index in [0.29, 0.717) is 6.54 Å². The molecule has 0 amide bonds. The first kappa shape index (κ1) is 22.5. The van der Waals surface area contributed by atoms with E-state index in [1.807, 2.05) is 6.20 Å². The second-order valence-corrected chi connectivity index (χ2v) is 7.11. The predicted molar refractivity (Wildman–Crippen MR) is 129 cm³/mol. The van der Waals surface area contributed by atoms with Gasteiger partial charge >= 0.3 is 0 Å². The van der Waals surface area contributed by atoms with Crippen molar-refractivity contribution in [3.8, 4) is 0 Å². The van der Waals surface area contributed by atoms with E-state index in [2.05, 4.69) is 70.8 Å². The van der Waals surface area contributed by atoms with Gasteiger partial charge in [0.05, 0.1) is 6.54 Å². The number of aryl methyl sites for hydroxylation is 1. The summed E-state index contributed by atoms with van der Waals surface area (Å²) in [5.74, 6) is 1.94. The maximum absolute atomic E-state index is 4.72. The van der Waals surface area contributed by atoms with Crippen molar-refractivity contribution in [3.63, 3.8) is 0 Å². The maximum Gasteiger partial charge on any atom is 0.191 e. The van der Waals surface area contributed by atoms with E-state index >= 15 is 0 Å². The van der Waals surface area contributed by atoms with E-state index < -0.39 is 0 Å². The monoisotopic (exact) mass is 493 g/mol. The molecule has 1 aliphatic heterocycles. The van der Waals surface area contributed by atoms with Gasteiger partial charge in [0.2, 0.25) is 0 Å². The molecular weight excluding hydrogens is 461 g/mol. The molecule has 5 nitrogen and oxygen atoms in total. The predicted octanol–water partition coefficient (Wildman–Crippen LogP) is 4.25. The van der Waals surface area contributed by atoms with E-state index in [0.717, 1.165) is 38.0 Å². The molecule has 152 valence electrons. The Morgan fingerprint density at radius 3 is 2.64 bits per heavy atom. The number of nitrogens with zero attached hydrogens (tertiary/aromatic N) is 3. The number of piperidine rings is 1. The minimum Gasteiger partial charge on any atom is -0.357 e. The summed E-state index contributed by atoms with van der Waals surface area (Å²) in [6.07, 6.45) is 5.78. The second-order valence-electron chi connectivity index (χ2n) is 7.11. The number of hydrogen-bond donors (Lipinski definition) is 2. The number of anilines is 1. The largest absolute Gasteiger partial charge is 0.357 e. The molecule has 2 heterocycles. The summed E-state index contributed by atoms with van der Waals surface area (Å²) in [4.78, 5) is 11.7. The average molecular weight is 493 g/mol. The fraction of sp³-hybridized carbons (Fsp3) is 0.455. The van der Waals surface area contributed by atoms with Gasteiger partial charge in [-0.05, 0) is 56.4 Å². The number of aliphatic imine (C=N–C) groups is 1. The Morgan fingerprint density at radius 1 is 1.07 bits per heavy atom. The van der Waals surface area contributed by atoms with Crippen molar-refractivity contribution in [2.24, 2.45) is 4.99 Å². The Morgan fingerprint density at radius 2 is 1.89 bits per heavy atom. The van der Waals surface area contributed by atoms with Crippen LogP contribution in [0.1, 0.15) is 42.9 Å². The molecule has 1 aromatic heterocycles. The van der Waals surface area contributed by atoms with Crippen molar-refractivity contribution in [2.45, 2.75) is 46.2 Å². The highest BCUT2D eigenvalue weighted by molar-refractivity contribution is 14.0. The van der Waals surface area contributed by atoms with Crippen LogP contribution in [0.5, 0.6) is 0 Å². The van der Waals surface area contributed by atoms with Crippen molar-refractivity contribution in [1.29, 1.82) is 0 Å². The molecule has 6 heteroatoms. The van der Waals surface area contributed by atoms with Gasteiger partial charge in [0.1, 0.15) is 5.82 Å². The van der Waals surface area contributed by atoms with Gasteiger partial charge in [-0.25, -0.2) is 9.98 Å². The smallest absolute Gasteiger partial charge is 0.191 e. The fourth-order valence-electron chi connectivity index (χ4n) is 3.37. The Balaban J connectivity index is 0.00000280. The average Bonchev–Trinajstić information content (AvgIpc) is 2.71. The maximum atomic E-state index is 4.72. The van der Waals surface area contributed by atoms with E-state index in [-0.39, 0.29) is 24.0 Å². The van der Waals surface area contributed by atoms with Crippen LogP contribution in [0, 0.1) is 6.92 Å². The van der Waals surface area contributed by atoms with Crippen molar-refractivity contribution < 1.29 is 0 Å². The van der Waals surface area contributed by atoms with E-state index in [1.165, 1.54) is 36.0 Å². The molecule has 0 spiro atoms. The highest BCUT2D eigenvalue weighted by atomic mass is 127. The van der Waals surface area contributed by atoms with Crippen LogP contribution in [0.15, 0.2) is 47.6 Å². The first-order chi connectivity index (χ1) is 13.2. The van der Waals surface area contributed by atoms with Crippen LogP contribution in [0.2, 0.25) is 0 Å². The van der Waals surface area contributed by atoms with Crippen molar-refractivity contribution in [2.75, 3.05) is 24.5 Å². The van der Waals surface area contributed by atoms with Crippen LogP contribution < -0.4 is 15.5 Å². The molecule has 1 aliphatic rings. The zero-order valence-electron chi connectivity index (χ0n) is 16.9. The molecule has 28 heavy (non-hydrogen) atoms. The third-order valence-electron chi connectivity index (χ3n) is 4.80. The number of halogens is 1. The summed E-state index contributed by atoms with van der Waals surface area (Å²) in [7, 11) is 0. The SMILES string of the molecule is CCNC(=NCc1cccc(C)c1)NCc1ccnc(N2CCCCC2)c1.I. The van der Waals surface area contributed by atoms with E-state index in [4.69, 9.17) is 4.99 Å². The zero-order chi connectivity index (χ0) is 18.9. The molecule has 0 saturated carbocycles. The van der Waals surface area contributed by atoms with Gasteiger partial charge in [0.15, 0.2) is 5.96 Å². The summed E-state index contributed by atoms with van der Waals surface area (Å²) < 4.78 is 0. The Labute approximate surface area is 186 Å². The molecule has 0 aliphatic carbocycles. The molecule has 0 atom stereocenters. The molecular formula is C22H32IN5. The summed E-state index contributed by atoms with van der Waals surface area (Å²) in [6, 6.07) is 12.8. The lowest BCUT2D eigenvalue weighted by Crippen LogP contribution is -2.37. The Hall–Kier alpha value is -1.83. The number of aromatic nitrogens is 1. The van der Waals surface area contributed by atoms with Crippen LogP contribution in [-0.4, -0.2) is 30.6 Å². The van der Waals surface area contributed by atoms with Crippen molar-refractivity contribution >= 4 is 35.8 Å². The number of nitrogens with one attached hydrogen (secondary N) is 2. The molecule has 0 bridgehead atoms. The Bertz CT molecular complexity index is 756. The molecule has 0 unspecified atom stereocenters. The normalized spacial score (nSPS) is 14.4. The molecule has 3 rings (SSSR count). The molecule has 0 radical (unpaired) electrons. The van der Waals surface area contributed by atoms with Gasteiger partial charge in [-0.1, -0.05) is 29.8 Å². The molecule has 1 fully saturated rings. The molecule has 1 aromatic carbocycles. The zero-order valence-corrected chi connectivity index (χ0v) is 19.3. The van der Waals surface area contributed by atoms with Crippen LogP contribution in [0.25, 0.3) is 0 Å². The Kier molecular flexibility index (Phi) is 9.54. The van der Waals surface area contributed by atoms with Crippen molar-refractivity contribution in [3.05, 3.63) is 59.3 Å². The van der Waals surface area contributed by atoms with Gasteiger partial charge < -0.3 is 15.5 Å². The lowest BCUT2D eigenvalue weighted by Gasteiger charge is -2.28. The van der Waals surface area contributed by atoms with E-state index in [9.17, 15) is 0 Å². The second kappa shape index (κ2) is 11.9. The quantitative estimate of drug-likeness (QED) is 0.359. The summed E-state index contributed by atoms with van der Waals surface area (Å²) in [6.45, 7) is 8.68. The fourth-order valence-corrected chi connectivity index (χ4v) is 3.37. The van der Waals surface area contributed by atoms with Gasteiger partial charge in [0.25, 0.3) is 0 Å². The number of guanidine groups is 1. The highest BCUT2D eigenvalue weighted by Gasteiger charge is 2.12. The standard InChI is InChI=1S/C22H31N5.HI/c1-3-23-22(25-16-19-9-7-8-18(2)14-19)26-17-20-10-11-24-21(15-20)27-12-5-4-6-13-27;/h7-11,14-15H,3-6,12-13,16-17H2,1-2H3,(H2,23,25,26);1H. The van der Waals surface area contributed by atoms with E-state index in [1.54, 1.807) is 0 Å². The third-order valence-corrected chi connectivity index (χ3v) is 4.80. The number of hydrogen-bond acceptors (Lipinski definition) is 3. The topological polar surface area (TPSA) is 52.6 Å². The van der Waals surface area contributed by atoms with Crippen LogP contribution in [0.4, 0.5) is 5.82 Å². The van der Waals surface area contributed by atoms with Crippen LogP contribution in [-0.2, 0) is 13.1 Å². The van der Waals surface area contributed by atoms with Gasteiger partial charge in [-0.15, -0.1) is 24.0 Å². The van der Waals surface area contributed by atoms with Crippen LogP contribution in [0.3, 0.4) is 0 Å².